The summed E-state index contributed by atoms with van der Waals surface area (Å²) in [6, 6.07) is 8.42. The summed E-state index contributed by atoms with van der Waals surface area (Å²) in [6.45, 7) is 1.93. The van der Waals surface area contributed by atoms with E-state index in [0.29, 0.717) is 20.7 Å². The summed E-state index contributed by atoms with van der Waals surface area (Å²) in [6.07, 6.45) is 3.51. The highest BCUT2D eigenvalue weighted by molar-refractivity contribution is 8.00. The molecule has 0 spiro atoms. The fraction of sp³-hybridized carbons (Fsp3) is 0.316. The predicted octanol–water partition coefficient (Wildman–Crippen LogP) is 5.81. The second-order valence-corrected chi connectivity index (χ2v) is 7.87. The number of hydrogen-bond donors (Lipinski definition) is 2. The number of ether oxygens (including phenoxy) is 1. The van der Waals surface area contributed by atoms with Gasteiger partial charge in [-0.05, 0) is 61.5 Å². The standard InChI is InChI=1S/C19H20Cl2N2O3S/c1-26-17-6-5-12(19(24)25)9-18(17)27-22-15-10-13(20)14(21)11-16(15)23-7-3-2-4-8-23/h5-6,9-11,22H,2-4,7-8H2,1H3,(H,24,25). The highest BCUT2D eigenvalue weighted by Crippen LogP contribution is 2.39. The van der Waals surface area contributed by atoms with Crippen LogP contribution in [0.25, 0.3) is 0 Å². The van der Waals surface area contributed by atoms with Crippen LogP contribution in [0.1, 0.15) is 29.6 Å². The van der Waals surface area contributed by atoms with E-state index in [1.165, 1.54) is 24.4 Å². The van der Waals surface area contributed by atoms with Gasteiger partial charge in [-0.25, -0.2) is 4.79 Å². The van der Waals surface area contributed by atoms with Crippen molar-refractivity contribution in [3.05, 3.63) is 45.9 Å². The molecule has 0 atom stereocenters. The van der Waals surface area contributed by atoms with Crippen LogP contribution in [-0.2, 0) is 0 Å². The largest absolute Gasteiger partial charge is 0.496 e. The first-order chi connectivity index (χ1) is 13.0. The quantitative estimate of drug-likeness (QED) is 0.568. The van der Waals surface area contributed by atoms with Gasteiger partial charge in [-0.3, -0.25) is 0 Å². The number of carbonyl (C=O) groups is 1. The summed E-state index contributed by atoms with van der Waals surface area (Å²) >= 11 is 13.8. The second-order valence-electron chi connectivity index (χ2n) is 6.21. The number of carboxylic acid groups (broad SMARTS) is 1. The number of anilines is 2. The van der Waals surface area contributed by atoms with E-state index in [1.54, 1.807) is 25.3 Å². The third-order valence-electron chi connectivity index (χ3n) is 4.42. The van der Waals surface area contributed by atoms with Gasteiger partial charge in [0.05, 0.1) is 39.0 Å². The molecule has 8 heteroatoms. The number of rotatable bonds is 6. The van der Waals surface area contributed by atoms with Crippen LogP contribution in [0.15, 0.2) is 35.2 Å². The first-order valence-corrected chi connectivity index (χ1v) is 10.1. The minimum atomic E-state index is -0.983. The Hall–Kier alpha value is -1.76. The van der Waals surface area contributed by atoms with Gasteiger partial charge in [0.2, 0.25) is 0 Å². The van der Waals surface area contributed by atoms with Crippen LogP contribution >= 0.6 is 35.1 Å². The summed E-state index contributed by atoms with van der Waals surface area (Å²) in [7, 11) is 1.55. The number of nitrogens with zero attached hydrogens (tertiary/aromatic N) is 1. The highest BCUT2D eigenvalue weighted by atomic mass is 35.5. The maximum atomic E-state index is 11.3. The average Bonchev–Trinajstić information content (AvgIpc) is 2.68. The topological polar surface area (TPSA) is 61.8 Å². The van der Waals surface area contributed by atoms with E-state index in [4.69, 9.17) is 27.9 Å². The Kier molecular flexibility index (Phi) is 6.63. The SMILES string of the molecule is COc1ccc(C(=O)O)cc1SNc1cc(Cl)c(Cl)cc1N1CCCCC1. The molecule has 0 unspecified atom stereocenters. The number of hydrogen-bond acceptors (Lipinski definition) is 5. The molecule has 1 fully saturated rings. The molecule has 0 saturated carbocycles. The van der Waals surface area contributed by atoms with Crippen molar-refractivity contribution in [3.8, 4) is 5.75 Å². The van der Waals surface area contributed by atoms with Crippen molar-refractivity contribution in [1.29, 1.82) is 0 Å². The fourth-order valence-corrected chi connectivity index (χ4v) is 4.16. The molecule has 2 aromatic carbocycles. The summed E-state index contributed by atoms with van der Waals surface area (Å²) < 4.78 is 8.64. The molecule has 0 radical (unpaired) electrons. The van der Waals surface area contributed by atoms with E-state index in [9.17, 15) is 9.90 Å². The molecule has 0 amide bonds. The van der Waals surface area contributed by atoms with E-state index in [-0.39, 0.29) is 5.56 Å². The lowest BCUT2D eigenvalue weighted by Crippen LogP contribution is -2.29. The maximum absolute atomic E-state index is 11.3. The van der Waals surface area contributed by atoms with Crippen molar-refractivity contribution in [2.45, 2.75) is 24.2 Å². The van der Waals surface area contributed by atoms with Crippen molar-refractivity contribution < 1.29 is 14.6 Å². The normalized spacial score (nSPS) is 14.1. The molecule has 3 rings (SSSR count). The summed E-state index contributed by atoms with van der Waals surface area (Å²) in [5.41, 5.74) is 2.02. The van der Waals surface area contributed by atoms with Crippen molar-refractivity contribution in [2.75, 3.05) is 29.8 Å². The van der Waals surface area contributed by atoms with E-state index in [0.717, 1.165) is 37.3 Å². The lowest BCUT2D eigenvalue weighted by Gasteiger charge is -2.31. The Morgan fingerprint density at radius 2 is 1.85 bits per heavy atom. The molecule has 5 nitrogen and oxygen atoms in total. The molecule has 1 saturated heterocycles. The highest BCUT2D eigenvalue weighted by Gasteiger charge is 2.18. The van der Waals surface area contributed by atoms with Crippen LogP contribution in [-0.4, -0.2) is 31.3 Å². The minimum absolute atomic E-state index is 0.200. The first kappa shape index (κ1) is 20.0. The zero-order chi connectivity index (χ0) is 19.4. The zero-order valence-electron chi connectivity index (χ0n) is 14.8. The molecule has 0 aliphatic carbocycles. The van der Waals surface area contributed by atoms with Gasteiger partial charge >= 0.3 is 5.97 Å². The number of benzene rings is 2. The third kappa shape index (κ3) is 4.75. The molecule has 2 N–H and O–H groups in total. The molecule has 0 aromatic heterocycles. The van der Waals surface area contributed by atoms with Gasteiger partial charge in [-0.2, -0.15) is 0 Å². The third-order valence-corrected chi connectivity index (χ3v) is 6.00. The summed E-state index contributed by atoms with van der Waals surface area (Å²) in [4.78, 5) is 14.2. The van der Waals surface area contributed by atoms with Crippen LogP contribution in [0.5, 0.6) is 5.75 Å². The molecule has 144 valence electrons. The van der Waals surface area contributed by atoms with Crippen molar-refractivity contribution in [2.24, 2.45) is 0 Å². The van der Waals surface area contributed by atoms with Gasteiger partial charge in [0.15, 0.2) is 0 Å². The molecule has 1 aliphatic heterocycles. The van der Waals surface area contributed by atoms with Crippen molar-refractivity contribution in [3.63, 3.8) is 0 Å². The number of nitrogens with one attached hydrogen (secondary N) is 1. The van der Waals surface area contributed by atoms with Crippen molar-refractivity contribution in [1.82, 2.24) is 0 Å². The Balaban J connectivity index is 1.88. The molecule has 27 heavy (non-hydrogen) atoms. The monoisotopic (exact) mass is 426 g/mol. The molecular weight excluding hydrogens is 407 g/mol. The van der Waals surface area contributed by atoms with Crippen LogP contribution in [0.3, 0.4) is 0 Å². The number of aromatic carboxylic acids is 1. The number of methoxy groups -OCH3 is 1. The van der Waals surface area contributed by atoms with Crippen LogP contribution in [0.2, 0.25) is 10.0 Å². The Labute approximate surface area is 172 Å². The molecule has 0 bridgehead atoms. The van der Waals surface area contributed by atoms with Crippen molar-refractivity contribution >= 4 is 52.5 Å². The molecular formula is C19H20Cl2N2O3S. The van der Waals surface area contributed by atoms with Gasteiger partial charge in [-0.1, -0.05) is 23.2 Å². The lowest BCUT2D eigenvalue weighted by atomic mass is 10.1. The van der Waals surface area contributed by atoms with E-state index < -0.39 is 5.97 Å². The van der Waals surface area contributed by atoms with Crippen LogP contribution < -0.4 is 14.4 Å². The summed E-state index contributed by atoms with van der Waals surface area (Å²) in [5, 5.41) is 10.2. The predicted molar refractivity (Wildman–Crippen MR) is 112 cm³/mol. The molecule has 1 aliphatic rings. The fourth-order valence-electron chi connectivity index (χ4n) is 3.01. The zero-order valence-corrected chi connectivity index (χ0v) is 17.1. The van der Waals surface area contributed by atoms with E-state index in [1.807, 2.05) is 6.07 Å². The Bertz CT molecular complexity index is 842. The van der Waals surface area contributed by atoms with Crippen LogP contribution in [0.4, 0.5) is 11.4 Å². The number of piperidine rings is 1. The van der Waals surface area contributed by atoms with Gasteiger partial charge < -0.3 is 19.5 Å². The Morgan fingerprint density at radius 1 is 1.15 bits per heavy atom. The molecule has 2 aromatic rings. The van der Waals surface area contributed by atoms with Gasteiger partial charge in [0.1, 0.15) is 5.75 Å². The van der Waals surface area contributed by atoms with Gasteiger partial charge in [0, 0.05) is 13.1 Å². The molecule has 1 heterocycles. The van der Waals surface area contributed by atoms with Gasteiger partial charge in [0.25, 0.3) is 0 Å². The summed E-state index contributed by atoms with van der Waals surface area (Å²) in [5.74, 6) is -0.389. The smallest absolute Gasteiger partial charge is 0.335 e. The Morgan fingerprint density at radius 3 is 2.52 bits per heavy atom. The average molecular weight is 427 g/mol. The maximum Gasteiger partial charge on any atom is 0.335 e. The minimum Gasteiger partial charge on any atom is -0.496 e. The first-order valence-electron chi connectivity index (χ1n) is 8.58. The van der Waals surface area contributed by atoms with Crippen LogP contribution in [0, 0.1) is 0 Å². The number of halogens is 2. The van der Waals surface area contributed by atoms with Gasteiger partial charge in [-0.15, -0.1) is 0 Å². The second kappa shape index (κ2) is 8.95. The lowest BCUT2D eigenvalue weighted by molar-refractivity contribution is 0.0696. The number of carboxylic acids is 1. The van der Waals surface area contributed by atoms with E-state index in [2.05, 4.69) is 9.62 Å². The van der Waals surface area contributed by atoms with E-state index >= 15 is 0 Å².